The Morgan fingerprint density at radius 1 is 0.556 bits per heavy atom. The zero-order valence-corrected chi connectivity index (χ0v) is 34.2. The van der Waals surface area contributed by atoms with Gasteiger partial charge in [0.05, 0.1) is 0 Å². The third-order valence-electron chi connectivity index (χ3n) is 9.50. The van der Waals surface area contributed by atoms with Crippen molar-refractivity contribution < 1.29 is 48.0 Å². The molecule has 0 amide bonds. The van der Waals surface area contributed by atoms with Crippen LogP contribution in [0.1, 0.15) is 50.3 Å². The number of allylic oxidation sites excluding steroid dienone is 2. The van der Waals surface area contributed by atoms with Gasteiger partial charge in [-0.25, -0.2) is 0 Å². The summed E-state index contributed by atoms with van der Waals surface area (Å²) in [6, 6.07) is 33.2. The Morgan fingerprint density at radius 3 is 1.40 bits per heavy atom. The first-order valence-corrected chi connectivity index (χ1v) is 25.8. The van der Waals surface area contributed by atoms with Crippen LogP contribution >= 0.6 is 0 Å². The second-order valence-electron chi connectivity index (χ2n) is 15.0. The normalized spacial score (nSPS) is 17.0. The van der Waals surface area contributed by atoms with Crippen LogP contribution in [0, 0.1) is 5.92 Å². The van der Waals surface area contributed by atoms with E-state index < -0.39 is 39.4 Å². The molecule has 0 bridgehead atoms. The summed E-state index contributed by atoms with van der Waals surface area (Å²) >= 11 is -0.936. The van der Waals surface area contributed by atoms with Crippen molar-refractivity contribution in [3.8, 4) is 22.3 Å². The Balaban J connectivity index is 0.00000230. The molecule has 0 saturated carbocycles. The Hall–Kier alpha value is -1.74. The molecule has 0 aliphatic heterocycles. The first-order chi connectivity index (χ1) is 20.3. The molecule has 0 heterocycles. The van der Waals surface area contributed by atoms with Gasteiger partial charge in [-0.3, -0.25) is 0 Å². The summed E-state index contributed by atoms with van der Waals surface area (Å²) < 4.78 is 1.22. The molecule has 0 fully saturated rings. The van der Waals surface area contributed by atoms with Crippen molar-refractivity contribution in [3.63, 3.8) is 0 Å². The minimum atomic E-state index is -1.32. The van der Waals surface area contributed by atoms with Crippen LogP contribution in [0.3, 0.4) is 0 Å². The van der Waals surface area contributed by atoms with E-state index in [0.29, 0.717) is 13.2 Å². The van der Waals surface area contributed by atoms with Gasteiger partial charge in [0, 0.05) is 0 Å². The summed E-state index contributed by atoms with van der Waals surface area (Å²) in [6.45, 7) is 21.8. The van der Waals surface area contributed by atoms with Gasteiger partial charge in [-0.15, -0.1) is 0 Å². The minimum absolute atomic E-state index is 0. The minimum Gasteiger partial charge on any atom is -1.00 e. The maximum absolute atomic E-state index is 2.58. The number of fused-ring (bicyclic) bond motifs is 2. The molecular formula is C40H46Cl2Si2Zr. The average molecular weight is 745 g/mol. The van der Waals surface area contributed by atoms with E-state index in [4.69, 9.17) is 0 Å². The molecule has 2 aliphatic rings. The standard InChI is InChI=1S/C21H25Si.C19H21Si.2ClH.Zr/c1-15(2)18-13-17-7-6-8-20(21(17)14-18)16-9-11-19(12-10-16)22(3,4)5;1-14-12-16-6-5-7-18(19(16)13-14)15-8-10-17(11-9-15)20(2,3)4;;;/h6-15H,1-5H3;5-13H,1-4H3;2*1H;/q;;;;+2/p-2. The fourth-order valence-corrected chi connectivity index (χ4v) is 14.5. The van der Waals surface area contributed by atoms with Crippen molar-refractivity contribution in [2.75, 3.05) is 0 Å². The Morgan fingerprint density at radius 2 is 0.978 bits per heavy atom. The second kappa shape index (κ2) is 13.8. The SMILES string of the molecule is CC1=Cc2c(-c3ccc([Si](C)(C)C)cc3)cccc2[CH]1[Zr+2][CH]1C(C(C)C)=Cc2c(-c3ccc([Si](C)(C)C)cc3)cccc21.[Cl-].[Cl-]. The van der Waals surface area contributed by atoms with Gasteiger partial charge in [0.15, 0.2) is 0 Å². The maximum Gasteiger partial charge on any atom is -1.00 e. The first-order valence-electron chi connectivity index (χ1n) is 16.0. The van der Waals surface area contributed by atoms with Crippen molar-refractivity contribution in [1.82, 2.24) is 0 Å². The Labute approximate surface area is 298 Å². The summed E-state index contributed by atoms with van der Waals surface area (Å²) in [5, 5.41) is 3.06. The molecule has 0 nitrogen and oxygen atoms in total. The van der Waals surface area contributed by atoms with E-state index in [2.05, 4.69) is 157 Å². The van der Waals surface area contributed by atoms with E-state index in [1.54, 1.807) is 22.3 Å². The van der Waals surface area contributed by atoms with Gasteiger partial charge in [-0.05, 0) is 0 Å². The molecule has 0 N–H and O–H groups in total. The number of benzene rings is 4. The predicted octanol–water partition coefficient (Wildman–Crippen LogP) is 4.45. The topological polar surface area (TPSA) is 0 Å². The molecule has 5 heteroatoms. The van der Waals surface area contributed by atoms with E-state index >= 15 is 0 Å². The molecule has 2 unspecified atom stereocenters. The molecule has 2 atom stereocenters. The smallest absolute Gasteiger partial charge is 1.00 e. The zero-order valence-electron chi connectivity index (χ0n) is 28.2. The van der Waals surface area contributed by atoms with Crippen LogP contribution in [0.5, 0.6) is 0 Å². The Kier molecular flexibility index (Phi) is 11.1. The molecular weight excluding hydrogens is 699 g/mol. The summed E-state index contributed by atoms with van der Waals surface area (Å²) in [5.74, 6) is 0.557. The van der Waals surface area contributed by atoms with Crippen LogP contribution < -0.4 is 35.2 Å². The molecule has 232 valence electrons. The fraction of sp³-hybridized carbons (Fsp3) is 0.300. The molecule has 0 aromatic heterocycles. The van der Waals surface area contributed by atoms with Crippen molar-refractivity contribution in [1.29, 1.82) is 0 Å². The number of halogens is 2. The number of hydrogen-bond donors (Lipinski definition) is 0. The second-order valence-corrected chi connectivity index (χ2v) is 28.8. The largest absolute Gasteiger partial charge is 1.00 e. The molecule has 4 aromatic rings. The first kappa shape index (κ1) is 36.1. The quantitative estimate of drug-likeness (QED) is 0.246. The van der Waals surface area contributed by atoms with Gasteiger partial charge >= 0.3 is 276 Å². The number of hydrogen-bond acceptors (Lipinski definition) is 0. The van der Waals surface area contributed by atoms with E-state index in [9.17, 15) is 0 Å². The van der Waals surface area contributed by atoms with E-state index in [1.165, 1.54) is 43.8 Å². The van der Waals surface area contributed by atoms with Crippen molar-refractivity contribution >= 4 is 38.7 Å². The van der Waals surface area contributed by atoms with Gasteiger partial charge in [-0.2, -0.15) is 0 Å². The van der Waals surface area contributed by atoms with Gasteiger partial charge in [0.2, 0.25) is 0 Å². The number of rotatable bonds is 7. The average Bonchev–Trinajstić information content (AvgIpc) is 3.50. The van der Waals surface area contributed by atoms with Crippen LogP contribution in [0.4, 0.5) is 0 Å². The molecule has 0 radical (unpaired) electrons. The fourth-order valence-electron chi connectivity index (χ4n) is 6.85. The maximum atomic E-state index is 2.58. The molecule has 45 heavy (non-hydrogen) atoms. The van der Waals surface area contributed by atoms with E-state index in [0.717, 1.165) is 0 Å². The summed E-state index contributed by atoms with van der Waals surface area (Å²) in [4.78, 5) is 0. The monoisotopic (exact) mass is 742 g/mol. The molecule has 0 saturated heterocycles. The van der Waals surface area contributed by atoms with Gasteiger partial charge in [0.1, 0.15) is 0 Å². The summed E-state index contributed by atoms with van der Waals surface area (Å²) in [6.07, 6.45) is 5.10. The van der Waals surface area contributed by atoms with Gasteiger partial charge < -0.3 is 24.8 Å². The van der Waals surface area contributed by atoms with E-state index in [-0.39, 0.29) is 24.8 Å². The summed E-state index contributed by atoms with van der Waals surface area (Å²) in [5.41, 5.74) is 14.9. The van der Waals surface area contributed by atoms with Crippen LogP contribution in [0.2, 0.25) is 39.3 Å². The summed E-state index contributed by atoms with van der Waals surface area (Å²) in [7, 11) is -2.63. The third kappa shape index (κ3) is 7.09. The zero-order chi connectivity index (χ0) is 30.7. The Bertz CT molecular complexity index is 1740. The predicted molar refractivity (Wildman–Crippen MR) is 192 cm³/mol. The van der Waals surface area contributed by atoms with Gasteiger partial charge in [0.25, 0.3) is 0 Å². The van der Waals surface area contributed by atoms with E-state index in [1.807, 2.05) is 0 Å². The third-order valence-corrected chi connectivity index (χ3v) is 18.7. The molecule has 0 spiro atoms. The van der Waals surface area contributed by atoms with Crippen LogP contribution in [-0.4, -0.2) is 16.1 Å². The van der Waals surface area contributed by atoms with Crippen LogP contribution in [0.25, 0.3) is 34.4 Å². The van der Waals surface area contributed by atoms with Gasteiger partial charge in [-0.1, -0.05) is 0 Å². The van der Waals surface area contributed by atoms with Crippen molar-refractivity contribution in [3.05, 3.63) is 118 Å². The van der Waals surface area contributed by atoms with Crippen LogP contribution in [-0.2, 0) is 23.2 Å². The van der Waals surface area contributed by atoms with Crippen molar-refractivity contribution in [2.45, 2.75) is 67.3 Å². The molecule has 2 aliphatic carbocycles. The van der Waals surface area contributed by atoms with Crippen molar-refractivity contribution in [2.24, 2.45) is 5.92 Å². The molecule has 4 aromatic carbocycles. The molecule has 6 rings (SSSR count). The van der Waals surface area contributed by atoms with Crippen LogP contribution in [0.15, 0.2) is 96.1 Å².